The van der Waals surface area contributed by atoms with Gasteiger partial charge in [-0.15, -0.1) is 0 Å². The molecule has 0 atom stereocenters. The number of aromatic nitrogens is 1. The minimum atomic E-state index is 0.786. The largest absolute Gasteiger partial charge is 0.456 e. The molecule has 60 heavy (non-hydrogen) atoms. The van der Waals surface area contributed by atoms with E-state index >= 15 is 0 Å². The zero-order chi connectivity index (χ0) is 38.8. The fourth-order valence-electron chi connectivity index (χ4n) is 10.1. The lowest BCUT2D eigenvalue weighted by molar-refractivity contribution is 0.662. The maximum absolute atomic E-state index is 6.76. The molecule has 0 unspecified atom stereocenters. The molecule has 0 saturated carbocycles. The van der Waals surface area contributed by atoms with E-state index < -0.39 is 0 Å². The number of furan rings is 5. The summed E-state index contributed by atoms with van der Waals surface area (Å²) in [5, 5.41) is 12.7. The first-order valence-corrected chi connectivity index (χ1v) is 20.1. The predicted molar refractivity (Wildman–Crippen MR) is 243 cm³/mol. The van der Waals surface area contributed by atoms with Crippen LogP contribution < -0.4 is 0 Å². The normalized spacial score (nSPS) is 12.7. The number of fused-ring (bicyclic) bond motifs is 21. The number of benzene rings is 9. The van der Waals surface area contributed by atoms with Crippen molar-refractivity contribution in [2.75, 3.05) is 0 Å². The average molecular weight is 770 g/mol. The molecule has 0 fully saturated rings. The van der Waals surface area contributed by atoms with E-state index in [1.807, 2.05) is 30.3 Å². The molecule has 6 aromatic heterocycles. The molecule has 0 bridgehead atoms. The van der Waals surface area contributed by atoms with Gasteiger partial charge in [0.1, 0.15) is 55.8 Å². The summed E-state index contributed by atoms with van der Waals surface area (Å²) in [6.07, 6.45) is 0. The van der Waals surface area contributed by atoms with Gasteiger partial charge < -0.3 is 26.7 Å². The molecule has 9 aromatic carbocycles. The van der Waals surface area contributed by atoms with Crippen molar-refractivity contribution >= 4 is 131 Å². The van der Waals surface area contributed by atoms with Crippen molar-refractivity contribution in [1.82, 2.24) is 4.57 Å². The lowest BCUT2D eigenvalue weighted by atomic mass is 10.00. The average Bonchev–Trinajstić information content (AvgIpc) is 4.14. The Hall–Kier alpha value is -8.22. The lowest BCUT2D eigenvalue weighted by Gasteiger charge is -2.08. The number of hydrogen-bond acceptors (Lipinski definition) is 5. The molecule has 0 N–H and O–H groups in total. The number of nitrogens with zero attached hydrogens (tertiary/aromatic N) is 1. The second-order valence-corrected chi connectivity index (χ2v) is 15.9. The second kappa shape index (κ2) is 10.8. The Labute approximate surface area is 337 Å². The first-order chi connectivity index (χ1) is 29.7. The first kappa shape index (κ1) is 30.9. The summed E-state index contributed by atoms with van der Waals surface area (Å²) in [6, 6.07) is 57.0. The van der Waals surface area contributed by atoms with Gasteiger partial charge in [0.05, 0.1) is 27.2 Å². The molecule has 15 rings (SSSR count). The van der Waals surface area contributed by atoms with Crippen molar-refractivity contribution in [2.45, 2.75) is 0 Å². The highest BCUT2D eigenvalue weighted by Gasteiger charge is 2.22. The highest BCUT2D eigenvalue weighted by molar-refractivity contribution is 6.26. The molecule has 0 aliphatic rings. The third kappa shape index (κ3) is 3.88. The smallest absolute Gasteiger partial charge is 0.147 e. The van der Waals surface area contributed by atoms with Crippen LogP contribution in [0, 0.1) is 0 Å². The Balaban J connectivity index is 0.917. The van der Waals surface area contributed by atoms with Crippen LogP contribution in [0.1, 0.15) is 0 Å². The van der Waals surface area contributed by atoms with E-state index in [0.717, 1.165) is 148 Å². The molecular formula is C54H27NO5. The van der Waals surface area contributed by atoms with Gasteiger partial charge in [-0.3, -0.25) is 0 Å². The maximum Gasteiger partial charge on any atom is 0.147 e. The zero-order valence-corrected chi connectivity index (χ0v) is 31.6. The van der Waals surface area contributed by atoms with Crippen molar-refractivity contribution in [1.29, 1.82) is 0 Å². The zero-order valence-electron chi connectivity index (χ0n) is 31.6. The van der Waals surface area contributed by atoms with Crippen molar-refractivity contribution in [3.63, 3.8) is 0 Å². The van der Waals surface area contributed by atoms with Crippen LogP contribution in [0.5, 0.6) is 0 Å². The lowest BCUT2D eigenvalue weighted by Crippen LogP contribution is -1.93. The third-order valence-electron chi connectivity index (χ3n) is 12.8. The van der Waals surface area contributed by atoms with Gasteiger partial charge in [0.15, 0.2) is 0 Å². The molecular weight excluding hydrogens is 743 g/mol. The van der Waals surface area contributed by atoms with Crippen molar-refractivity contribution in [3.05, 3.63) is 164 Å². The summed E-state index contributed by atoms with van der Waals surface area (Å²) in [5.41, 5.74) is 13.8. The number of para-hydroxylation sites is 3. The van der Waals surface area contributed by atoms with E-state index in [2.05, 4.69) is 138 Å². The topological polar surface area (TPSA) is 70.6 Å². The SMILES string of the molecule is c1ccc2c(c1)oc1c2ccc2oc3ccc(-c4ccc5oc6c(ccc7oc8ccc(-n9c%10ccccc%10c%10c%11oc%12ccccc%12c%11ccc%109)cc8c76)c5c4)cc3c21. The van der Waals surface area contributed by atoms with E-state index in [4.69, 9.17) is 22.1 Å². The Morgan fingerprint density at radius 3 is 1.40 bits per heavy atom. The van der Waals surface area contributed by atoms with Gasteiger partial charge in [0, 0.05) is 54.2 Å². The summed E-state index contributed by atoms with van der Waals surface area (Å²) in [4.78, 5) is 0. The number of hydrogen-bond donors (Lipinski definition) is 0. The van der Waals surface area contributed by atoms with Crippen LogP contribution in [-0.2, 0) is 0 Å². The molecule has 0 aliphatic carbocycles. The van der Waals surface area contributed by atoms with E-state index in [-0.39, 0.29) is 0 Å². The Bertz CT molecular complexity index is 4370. The van der Waals surface area contributed by atoms with Crippen molar-refractivity contribution in [2.24, 2.45) is 0 Å². The van der Waals surface area contributed by atoms with Gasteiger partial charge >= 0.3 is 0 Å². The Kier molecular flexibility index (Phi) is 5.57. The second-order valence-electron chi connectivity index (χ2n) is 15.9. The minimum Gasteiger partial charge on any atom is -0.456 e. The Morgan fingerprint density at radius 1 is 0.267 bits per heavy atom. The molecule has 0 amide bonds. The summed E-state index contributed by atoms with van der Waals surface area (Å²) in [6.45, 7) is 0. The fourth-order valence-corrected chi connectivity index (χ4v) is 10.1. The highest BCUT2D eigenvalue weighted by atomic mass is 16.4. The maximum atomic E-state index is 6.76. The van der Waals surface area contributed by atoms with Crippen LogP contribution in [-0.4, -0.2) is 4.57 Å². The first-order valence-electron chi connectivity index (χ1n) is 20.1. The van der Waals surface area contributed by atoms with Crippen LogP contribution in [0.25, 0.3) is 148 Å². The molecule has 278 valence electrons. The van der Waals surface area contributed by atoms with Crippen molar-refractivity contribution in [3.8, 4) is 16.8 Å². The molecule has 0 spiro atoms. The molecule has 6 nitrogen and oxygen atoms in total. The molecule has 0 saturated heterocycles. The van der Waals surface area contributed by atoms with Gasteiger partial charge in [-0.05, 0) is 108 Å². The summed E-state index contributed by atoms with van der Waals surface area (Å²) in [5.74, 6) is 0. The van der Waals surface area contributed by atoms with Crippen LogP contribution in [0.2, 0.25) is 0 Å². The van der Waals surface area contributed by atoms with Gasteiger partial charge in [-0.2, -0.15) is 0 Å². The molecule has 6 heteroatoms. The highest BCUT2D eigenvalue weighted by Crippen LogP contribution is 2.45. The molecule has 0 aliphatic heterocycles. The van der Waals surface area contributed by atoms with Gasteiger partial charge in [0.2, 0.25) is 0 Å². The predicted octanol–water partition coefficient (Wildman–Crippen LogP) is 15.9. The summed E-state index contributed by atoms with van der Waals surface area (Å²) < 4.78 is 34.9. The molecule has 0 radical (unpaired) electrons. The van der Waals surface area contributed by atoms with Crippen LogP contribution >= 0.6 is 0 Å². The molecule has 6 heterocycles. The monoisotopic (exact) mass is 769 g/mol. The third-order valence-corrected chi connectivity index (χ3v) is 12.8. The van der Waals surface area contributed by atoms with E-state index in [9.17, 15) is 0 Å². The minimum absolute atomic E-state index is 0.786. The number of rotatable bonds is 2. The van der Waals surface area contributed by atoms with Crippen molar-refractivity contribution < 1.29 is 22.1 Å². The standard InChI is InChI=1S/C54H27NO5/c1-4-10-40-36(9-1)49-41(19-16-33-31-7-2-5-11-42(31)58-52(33)49)55(40)30-15-22-46-39(27-30)51-48(57-46)24-18-35-37-25-28(13-20-44(37)60-54(35)51)29-14-21-45-38(26-29)50-47(56-45)23-17-34-32-8-3-6-12-43(32)59-53(34)50/h1-27H. The summed E-state index contributed by atoms with van der Waals surface area (Å²) >= 11 is 0. The Morgan fingerprint density at radius 2 is 0.733 bits per heavy atom. The van der Waals surface area contributed by atoms with E-state index in [1.54, 1.807) is 0 Å². The summed E-state index contributed by atoms with van der Waals surface area (Å²) in [7, 11) is 0. The van der Waals surface area contributed by atoms with Gasteiger partial charge in [-0.1, -0.05) is 66.7 Å². The van der Waals surface area contributed by atoms with Crippen LogP contribution in [0.4, 0.5) is 0 Å². The van der Waals surface area contributed by atoms with Gasteiger partial charge in [0.25, 0.3) is 0 Å². The quantitative estimate of drug-likeness (QED) is 0.175. The van der Waals surface area contributed by atoms with E-state index in [0.29, 0.717) is 0 Å². The molecule has 15 aromatic rings. The van der Waals surface area contributed by atoms with E-state index in [1.165, 1.54) is 0 Å². The van der Waals surface area contributed by atoms with Crippen LogP contribution in [0.15, 0.2) is 186 Å². The van der Waals surface area contributed by atoms with Crippen LogP contribution in [0.3, 0.4) is 0 Å². The van der Waals surface area contributed by atoms with Gasteiger partial charge in [-0.25, -0.2) is 0 Å². The fraction of sp³-hybridized carbons (Fsp3) is 0.